The smallest absolute Gasteiger partial charge is 0.137 e. The Labute approximate surface area is 156 Å². The summed E-state index contributed by atoms with van der Waals surface area (Å²) in [7, 11) is 3.90. The fraction of sp³-hybridized carbons (Fsp3) is 0.773. The average Bonchev–Trinajstić information content (AvgIpc) is 2.65. The van der Waals surface area contributed by atoms with Crippen molar-refractivity contribution in [2.24, 2.45) is 0 Å². The molecule has 0 atom stereocenters. The number of ether oxygens (including phenoxy) is 1. The van der Waals surface area contributed by atoms with E-state index >= 15 is 0 Å². The SMILES string of the molecule is CCCCCCCC(CCCCCCC)N(C)c1ccc(OC)cn1. The molecular formula is C22H40N2O. The molecule has 1 aromatic heterocycles. The van der Waals surface area contributed by atoms with Crippen LogP contribution in [0.25, 0.3) is 0 Å². The summed E-state index contributed by atoms with van der Waals surface area (Å²) in [6.07, 6.45) is 17.9. The van der Waals surface area contributed by atoms with Crippen molar-refractivity contribution in [3.63, 3.8) is 0 Å². The maximum atomic E-state index is 5.23. The number of pyridine rings is 1. The molecule has 0 bridgehead atoms. The highest BCUT2D eigenvalue weighted by Gasteiger charge is 2.16. The summed E-state index contributed by atoms with van der Waals surface area (Å²) in [5.74, 6) is 1.89. The van der Waals surface area contributed by atoms with E-state index < -0.39 is 0 Å². The van der Waals surface area contributed by atoms with Gasteiger partial charge in [0.1, 0.15) is 11.6 Å². The van der Waals surface area contributed by atoms with Gasteiger partial charge in [-0.25, -0.2) is 4.98 Å². The zero-order valence-electron chi connectivity index (χ0n) is 17.1. The standard InChI is InChI=1S/C22H40N2O/c1-5-7-9-11-13-15-20(16-14-12-10-8-6-2)24(3)22-18-17-21(25-4)19-23-22/h17-20H,5-16H2,1-4H3. The fourth-order valence-corrected chi connectivity index (χ4v) is 3.39. The first kappa shape index (κ1) is 21.8. The van der Waals surface area contributed by atoms with Crippen LogP contribution in [-0.2, 0) is 0 Å². The van der Waals surface area contributed by atoms with Crippen LogP contribution in [0.4, 0.5) is 5.82 Å². The summed E-state index contributed by atoms with van der Waals surface area (Å²) in [5, 5.41) is 0. The van der Waals surface area contributed by atoms with Crippen LogP contribution in [0.1, 0.15) is 90.9 Å². The third-order valence-corrected chi connectivity index (χ3v) is 5.15. The lowest BCUT2D eigenvalue weighted by molar-refractivity contribution is 0.412. The lowest BCUT2D eigenvalue weighted by Gasteiger charge is -2.29. The second kappa shape index (κ2) is 14.0. The summed E-state index contributed by atoms with van der Waals surface area (Å²) in [4.78, 5) is 6.97. The zero-order chi connectivity index (χ0) is 18.3. The van der Waals surface area contributed by atoms with Crippen LogP contribution in [-0.4, -0.2) is 25.2 Å². The Bertz CT molecular complexity index is 405. The van der Waals surface area contributed by atoms with Gasteiger partial charge in [0.05, 0.1) is 13.3 Å². The van der Waals surface area contributed by atoms with Gasteiger partial charge < -0.3 is 9.64 Å². The Morgan fingerprint density at radius 3 is 1.88 bits per heavy atom. The molecule has 0 aliphatic heterocycles. The van der Waals surface area contributed by atoms with Crippen LogP contribution < -0.4 is 9.64 Å². The molecule has 0 saturated carbocycles. The normalized spacial score (nSPS) is 11.1. The lowest BCUT2D eigenvalue weighted by Crippen LogP contribution is -2.32. The van der Waals surface area contributed by atoms with E-state index in [-0.39, 0.29) is 0 Å². The van der Waals surface area contributed by atoms with Crippen molar-refractivity contribution in [3.8, 4) is 5.75 Å². The average molecular weight is 349 g/mol. The summed E-state index contributed by atoms with van der Waals surface area (Å²) < 4.78 is 5.23. The van der Waals surface area contributed by atoms with E-state index in [0.29, 0.717) is 6.04 Å². The van der Waals surface area contributed by atoms with E-state index in [1.54, 1.807) is 7.11 Å². The van der Waals surface area contributed by atoms with Crippen LogP contribution in [0.3, 0.4) is 0 Å². The molecular weight excluding hydrogens is 308 g/mol. The summed E-state index contributed by atoms with van der Waals surface area (Å²) >= 11 is 0. The van der Waals surface area contributed by atoms with E-state index in [2.05, 4.69) is 36.8 Å². The number of hydrogen-bond acceptors (Lipinski definition) is 3. The number of rotatable bonds is 15. The molecule has 1 aromatic rings. The molecule has 3 nitrogen and oxygen atoms in total. The number of hydrogen-bond donors (Lipinski definition) is 0. The van der Waals surface area contributed by atoms with Crippen molar-refractivity contribution < 1.29 is 4.74 Å². The molecule has 0 radical (unpaired) electrons. The van der Waals surface area contributed by atoms with Crippen LogP contribution >= 0.6 is 0 Å². The minimum absolute atomic E-state index is 0.601. The van der Waals surface area contributed by atoms with E-state index in [4.69, 9.17) is 4.74 Å². The Hall–Kier alpha value is -1.25. The van der Waals surface area contributed by atoms with E-state index in [1.807, 2.05) is 12.3 Å². The molecule has 0 saturated heterocycles. The van der Waals surface area contributed by atoms with E-state index in [9.17, 15) is 0 Å². The molecule has 0 N–H and O–H groups in total. The molecule has 144 valence electrons. The Morgan fingerprint density at radius 1 is 0.880 bits per heavy atom. The van der Waals surface area contributed by atoms with Crippen molar-refractivity contribution in [2.45, 2.75) is 96.9 Å². The van der Waals surface area contributed by atoms with Crippen molar-refractivity contribution in [1.29, 1.82) is 0 Å². The van der Waals surface area contributed by atoms with E-state index in [1.165, 1.54) is 77.0 Å². The van der Waals surface area contributed by atoms with Crippen LogP contribution in [0, 0.1) is 0 Å². The van der Waals surface area contributed by atoms with Gasteiger partial charge in [-0.15, -0.1) is 0 Å². The maximum absolute atomic E-state index is 5.23. The first-order valence-corrected chi connectivity index (χ1v) is 10.5. The van der Waals surface area contributed by atoms with Crippen LogP contribution in [0.15, 0.2) is 18.3 Å². The number of aromatic nitrogens is 1. The van der Waals surface area contributed by atoms with Gasteiger partial charge in [-0.2, -0.15) is 0 Å². The predicted molar refractivity (Wildman–Crippen MR) is 110 cm³/mol. The molecule has 0 aromatic carbocycles. The van der Waals surface area contributed by atoms with Gasteiger partial charge in [-0.1, -0.05) is 78.1 Å². The minimum Gasteiger partial charge on any atom is -0.495 e. The maximum Gasteiger partial charge on any atom is 0.137 e. The second-order valence-corrected chi connectivity index (χ2v) is 7.23. The number of nitrogens with zero attached hydrogens (tertiary/aromatic N) is 2. The van der Waals surface area contributed by atoms with Crippen molar-refractivity contribution in [1.82, 2.24) is 4.98 Å². The molecule has 3 heteroatoms. The first-order valence-electron chi connectivity index (χ1n) is 10.5. The summed E-state index contributed by atoms with van der Waals surface area (Å²) in [6, 6.07) is 4.70. The quantitative estimate of drug-likeness (QED) is 0.333. The molecule has 0 aliphatic rings. The molecule has 0 fully saturated rings. The first-order chi connectivity index (χ1) is 12.2. The molecule has 25 heavy (non-hydrogen) atoms. The van der Waals surface area contributed by atoms with E-state index in [0.717, 1.165) is 11.6 Å². The van der Waals surface area contributed by atoms with Gasteiger partial charge in [0, 0.05) is 13.1 Å². The highest BCUT2D eigenvalue weighted by atomic mass is 16.5. The summed E-state index contributed by atoms with van der Waals surface area (Å²) in [5.41, 5.74) is 0. The number of unbranched alkanes of at least 4 members (excludes halogenated alkanes) is 8. The Morgan fingerprint density at radius 2 is 1.44 bits per heavy atom. The molecule has 0 unspecified atom stereocenters. The number of methoxy groups -OCH3 is 1. The fourth-order valence-electron chi connectivity index (χ4n) is 3.39. The van der Waals surface area contributed by atoms with Crippen molar-refractivity contribution >= 4 is 5.82 Å². The third-order valence-electron chi connectivity index (χ3n) is 5.15. The highest BCUT2D eigenvalue weighted by molar-refractivity contribution is 5.41. The predicted octanol–water partition coefficient (Wildman–Crippen LogP) is 6.62. The van der Waals surface area contributed by atoms with Gasteiger partial charge in [0.2, 0.25) is 0 Å². The molecule has 0 amide bonds. The van der Waals surface area contributed by atoms with Crippen LogP contribution in [0.2, 0.25) is 0 Å². The molecule has 0 spiro atoms. The monoisotopic (exact) mass is 348 g/mol. The van der Waals surface area contributed by atoms with Crippen molar-refractivity contribution in [3.05, 3.63) is 18.3 Å². The van der Waals surface area contributed by atoms with Gasteiger partial charge in [0.25, 0.3) is 0 Å². The number of anilines is 1. The van der Waals surface area contributed by atoms with Gasteiger partial charge in [-0.05, 0) is 25.0 Å². The van der Waals surface area contributed by atoms with Gasteiger partial charge in [-0.3, -0.25) is 0 Å². The lowest BCUT2D eigenvalue weighted by atomic mass is 9.99. The minimum atomic E-state index is 0.601. The molecule has 0 aliphatic carbocycles. The topological polar surface area (TPSA) is 25.4 Å². The summed E-state index contributed by atoms with van der Waals surface area (Å²) in [6.45, 7) is 4.56. The highest BCUT2D eigenvalue weighted by Crippen LogP contribution is 2.23. The van der Waals surface area contributed by atoms with Crippen LogP contribution in [0.5, 0.6) is 5.75 Å². The molecule has 1 rings (SSSR count). The van der Waals surface area contributed by atoms with Crippen molar-refractivity contribution in [2.75, 3.05) is 19.1 Å². The Balaban J connectivity index is 2.53. The van der Waals surface area contributed by atoms with Gasteiger partial charge in [0.15, 0.2) is 0 Å². The van der Waals surface area contributed by atoms with Gasteiger partial charge >= 0.3 is 0 Å². The molecule has 1 heterocycles. The largest absolute Gasteiger partial charge is 0.495 e. The second-order valence-electron chi connectivity index (χ2n) is 7.23. The third kappa shape index (κ3) is 9.13. The zero-order valence-corrected chi connectivity index (χ0v) is 17.1. The Kier molecular flexibility index (Phi) is 12.2.